The Labute approximate surface area is 168 Å². The first kappa shape index (κ1) is 17.3. The van der Waals surface area contributed by atoms with Crippen molar-refractivity contribution < 1.29 is 9.53 Å². The molecule has 0 amide bonds. The van der Waals surface area contributed by atoms with Crippen LogP contribution in [-0.2, 0) is 0 Å². The largest absolute Gasteiger partial charge is 0.422 e. The molecule has 2 aromatic heterocycles. The van der Waals surface area contributed by atoms with Gasteiger partial charge in [-0.05, 0) is 42.5 Å². The summed E-state index contributed by atoms with van der Waals surface area (Å²) < 4.78 is 6.58. The molecule has 140 valence electrons. The Kier molecular flexibility index (Phi) is 4.14. The third-order valence-electron chi connectivity index (χ3n) is 4.50. The molecule has 5 rings (SSSR count). The second-order valence-electron chi connectivity index (χ2n) is 6.35. The van der Waals surface area contributed by atoms with Gasteiger partial charge in [-0.2, -0.15) is 5.10 Å². The van der Waals surface area contributed by atoms with Gasteiger partial charge in [0.05, 0.1) is 15.6 Å². The number of para-hydroxylation sites is 1. The monoisotopic (exact) mass is 399 g/mol. The first-order chi connectivity index (χ1) is 14.2. The summed E-state index contributed by atoms with van der Waals surface area (Å²) in [6, 6.07) is 21.9. The molecule has 6 nitrogen and oxygen atoms in total. The summed E-state index contributed by atoms with van der Waals surface area (Å²) in [5.74, 6) is -0.248. The van der Waals surface area contributed by atoms with E-state index in [0.717, 1.165) is 20.8 Å². The molecule has 0 atom stereocenters. The molecule has 0 radical (unpaired) electrons. The van der Waals surface area contributed by atoms with Crippen LogP contribution in [0.3, 0.4) is 0 Å². The van der Waals surface area contributed by atoms with Gasteiger partial charge in [-0.3, -0.25) is 4.79 Å². The highest BCUT2D eigenvalue weighted by molar-refractivity contribution is 7.21. The van der Waals surface area contributed by atoms with E-state index < -0.39 is 5.97 Å². The molecule has 29 heavy (non-hydrogen) atoms. The standard InChI is InChI=1S/C22H13N3O3S/c26-20-16-6-2-1-5-15(16)19(24-25-20)22(27)28-14-11-9-13(10-12-14)21-23-17-7-3-4-8-18(17)29-21/h1-12H,(H,25,26). The lowest BCUT2D eigenvalue weighted by Gasteiger charge is -2.06. The normalized spacial score (nSPS) is 11.0. The van der Waals surface area contributed by atoms with E-state index in [1.807, 2.05) is 36.4 Å². The molecule has 0 aliphatic heterocycles. The zero-order valence-electron chi connectivity index (χ0n) is 15.0. The van der Waals surface area contributed by atoms with E-state index in [2.05, 4.69) is 15.2 Å². The predicted molar refractivity (Wildman–Crippen MR) is 112 cm³/mol. The number of thiazole rings is 1. The van der Waals surface area contributed by atoms with Gasteiger partial charge in [-0.25, -0.2) is 14.9 Å². The van der Waals surface area contributed by atoms with Crippen molar-refractivity contribution in [1.29, 1.82) is 0 Å². The van der Waals surface area contributed by atoms with Crippen LogP contribution in [0.2, 0.25) is 0 Å². The molecule has 0 bridgehead atoms. The molecule has 0 fully saturated rings. The van der Waals surface area contributed by atoms with Crippen molar-refractivity contribution in [2.24, 2.45) is 0 Å². The average Bonchev–Trinajstić information content (AvgIpc) is 3.19. The van der Waals surface area contributed by atoms with Gasteiger partial charge in [0.25, 0.3) is 5.56 Å². The minimum atomic E-state index is -0.634. The summed E-state index contributed by atoms with van der Waals surface area (Å²) in [7, 11) is 0. The zero-order chi connectivity index (χ0) is 19.8. The van der Waals surface area contributed by atoms with E-state index in [1.165, 1.54) is 0 Å². The topological polar surface area (TPSA) is 84.9 Å². The molecule has 0 aliphatic carbocycles. The summed E-state index contributed by atoms with van der Waals surface area (Å²) in [4.78, 5) is 29.1. The Morgan fingerprint density at radius 2 is 1.62 bits per heavy atom. The Hall–Kier alpha value is -3.84. The Morgan fingerprint density at radius 1 is 0.897 bits per heavy atom. The quantitative estimate of drug-likeness (QED) is 0.359. The Bertz CT molecular complexity index is 1390. The lowest BCUT2D eigenvalue weighted by atomic mass is 10.1. The lowest BCUT2D eigenvalue weighted by molar-refractivity contribution is 0.0729. The highest BCUT2D eigenvalue weighted by atomic mass is 32.1. The van der Waals surface area contributed by atoms with Gasteiger partial charge in [0.15, 0.2) is 5.69 Å². The van der Waals surface area contributed by atoms with Crippen molar-refractivity contribution in [3.63, 3.8) is 0 Å². The molecular weight excluding hydrogens is 386 g/mol. The average molecular weight is 399 g/mol. The fraction of sp³-hybridized carbons (Fsp3) is 0. The van der Waals surface area contributed by atoms with Crippen molar-refractivity contribution in [1.82, 2.24) is 15.2 Å². The van der Waals surface area contributed by atoms with Gasteiger partial charge in [0.2, 0.25) is 0 Å². The van der Waals surface area contributed by atoms with E-state index >= 15 is 0 Å². The Balaban J connectivity index is 1.42. The van der Waals surface area contributed by atoms with Crippen molar-refractivity contribution in [2.45, 2.75) is 0 Å². The summed E-state index contributed by atoms with van der Waals surface area (Å²) in [6.45, 7) is 0. The molecule has 7 heteroatoms. The SMILES string of the molecule is O=C(Oc1ccc(-c2nc3ccccc3s2)cc1)c1n[nH]c(=O)c2ccccc12. The van der Waals surface area contributed by atoms with Crippen LogP contribution in [0.25, 0.3) is 31.6 Å². The number of ether oxygens (including phenoxy) is 1. The smallest absolute Gasteiger partial charge is 0.364 e. The second kappa shape index (κ2) is 6.96. The number of carbonyl (C=O) groups excluding carboxylic acids is 1. The molecule has 2 heterocycles. The molecule has 0 spiro atoms. The molecule has 3 aromatic carbocycles. The first-order valence-electron chi connectivity index (χ1n) is 8.85. The highest BCUT2D eigenvalue weighted by Gasteiger charge is 2.16. The van der Waals surface area contributed by atoms with E-state index in [1.54, 1.807) is 47.7 Å². The van der Waals surface area contributed by atoms with E-state index in [9.17, 15) is 9.59 Å². The van der Waals surface area contributed by atoms with Crippen LogP contribution in [0, 0.1) is 0 Å². The number of benzene rings is 3. The second-order valence-corrected chi connectivity index (χ2v) is 7.38. The van der Waals surface area contributed by atoms with Crippen LogP contribution in [0.15, 0.2) is 77.6 Å². The van der Waals surface area contributed by atoms with Gasteiger partial charge in [-0.1, -0.05) is 30.3 Å². The molecule has 1 N–H and O–H groups in total. The maximum absolute atomic E-state index is 12.6. The van der Waals surface area contributed by atoms with Crippen molar-refractivity contribution in [3.8, 4) is 16.3 Å². The number of hydrogen-bond acceptors (Lipinski definition) is 6. The number of carbonyl (C=O) groups is 1. The van der Waals surface area contributed by atoms with Crippen molar-refractivity contribution in [3.05, 3.63) is 88.8 Å². The van der Waals surface area contributed by atoms with Gasteiger partial charge >= 0.3 is 5.97 Å². The van der Waals surface area contributed by atoms with Crippen LogP contribution in [0.4, 0.5) is 0 Å². The maximum Gasteiger partial charge on any atom is 0.364 e. The fourth-order valence-corrected chi connectivity index (χ4v) is 4.06. The summed E-state index contributed by atoms with van der Waals surface area (Å²) in [5.41, 5.74) is 1.62. The van der Waals surface area contributed by atoms with Gasteiger partial charge in [-0.15, -0.1) is 11.3 Å². The number of aromatic nitrogens is 3. The van der Waals surface area contributed by atoms with Crippen LogP contribution < -0.4 is 10.3 Å². The molecular formula is C22H13N3O3S. The van der Waals surface area contributed by atoms with Crippen LogP contribution in [0.5, 0.6) is 5.75 Å². The van der Waals surface area contributed by atoms with Crippen LogP contribution in [-0.4, -0.2) is 21.2 Å². The van der Waals surface area contributed by atoms with Gasteiger partial charge in [0, 0.05) is 10.9 Å². The number of rotatable bonds is 3. The van der Waals surface area contributed by atoms with E-state index in [-0.39, 0.29) is 11.3 Å². The van der Waals surface area contributed by atoms with Crippen LogP contribution >= 0.6 is 11.3 Å². The fourth-order valence-electron chi connectivity index (χ4n) is 3.09. The molecule has 0 aliphatic rings. The molecule has 0 unspecified atom stereocenters. The lowest BCUT2D eigenvalue weighted by Crippen LogP contribution is -2.17. The third-order valence-corrected chi connectivity index (χ3v) is 5.58. The maximum atomic E-state index is 12.6. The molecule has 0 saturated carbocycles. The summed E-state index contributed by atoms with van der Waals surface area (Å²) in [6.07, 6.45) is 0. The predicted octanol–water partition coefficient (Wildman–Crippen LogP) is 4.42. The van der Waals surface area contributed by atoms with Crippen molar-refractivity contribution in [2.75, 3.05) is 0 Å². The van der Waals surface area contributed by atoms with Crippen molar-refractivity contribution >= 4 is 38.3 Å². The number of hydrogen-bond donors (Lipinski definition) is 1. The van der Waals surface area contributed by atoms with Gasteiger partial charge < -0.3 is 4.74 Å². The summed E-state index contributed by atoms with van der Waals surface area (Å²) >= 11 is 1.61. The number of nitrogens with one attached hydrogen (secondary N) is 1. The van der Waals surface area contributed by atoms with E-state index in [0.29, 0.717) is 16.5 Å². The van der Waals surface area contributed by atoms with Gasteiger partial charge in [0.1, 0.15) is 10.8 Å². The van der Waals surface area contributed by atoms with E-state index in [4.69, 9.17) is 4.74 Å². The molecule has 0 saturated heterocycles. The number of fused-ring (bicyclic) bond motifs is 2. The number of aromatic amines is 1. The number of esters is 1. The first-order valence-corrected chi connectivity index (χ1v) is 9.66. The zero-order valence-corrected chi connectivity index (χ0v) is 15.8. The number of nitrogens with zero attached hydrogens (tertiary/aromatic N) is 2. The minimum Gasteiger partial charge on any atom is -0.422 e. The Morgan fingerprint density at radius 3 is 2.41 bits per heavy atom. The third kappa shape index (κ3) is 3.17. The summed E-state index contributed by atoms with van der Waals surface area (Å²) in [5, 5.41) is 7.95. The highest BCUT2D eigenvalue weighted by Crippen LogP contribution is 2.31. The minimum absolute atomic E-state index is 0.0652. The number of H-pyrrole nitrogens is 1. The van der Waals surface area contributed by atoms with Crippen LogP contribution in [0.1, 0.15) is 10.5 Å². The molecule has 5 aromatic rings.